The first-order chi connectivity index (χ1) is 12.4. The third-order valence-corrected chi connectivity index (χ3v) is 8.91. The molecule has 5 nitrogen and oxygen atoms in total. The molecule has 0 spiro atoms. The molecule has 1 heterocycles. The van der Waals surface area contributed by atoms with Crippen molar-refractivity contribution in [3.8, 4) is 0 Å². The van der Waals surface area contributed by atoms with Crippen LogP contribution < -0.4 is 0 Å². The number of aromatic nitrogens is 2. The molecule has 5 heteroatoms. The molecule has 142 valence electrons. The van der Waals surface area contributed by atoms with Crippen molar-refractivity contribution < 1.29 is 14.2 Å². The van der Waals surface area contributed by atoms with Gasteiger partial charge >= 0.3 is 5.97 Å². The molecule has 4 aliphatic rings. The fraction of sp³-hybridized carbons (Fsp3) is 0.857. The minimum absolute atomic E-state index is 0.118. The summed E-state index contributed by atoms with van der Waals surface area (Å²) in [7, 11) is 0. The fourth-order valence-electron chi connectivity index (χ4n) is 7.65. The van der Waals surface area contributed by atoms with Gasteiger partial charge < -0.3 is 4.74 Å². The topological polar surface area (TPSA) is 65.2 Å². The van der Waals surface area contributed by atoms with Gasteiger partial charge in [-0.3, -0.25) is 4.79 Å². The zero-order valence-electron chi connectivity index (χ0n) is 16.2. The summed E-state index contributed by atoms with van der Waals surface area (Å²) in [5.41, 5.74) is 2.73. The van der Waals surface area contributed by atoms with Gasteiger partial charge in [0.2, 0.25) is 0 Å². The van der Waals surface area contributed by atoms with Crippen molar-refractivity contribution in [2.24, 2.45) is 28.6 Å². The number of fused-ring (bicyclic) bond motifs is 7. The lowest BCUT2D eigenvalue weighted by Gasteiger charge is -2.59. The molecular formula is C21H30N2O3. The van der Waals surface area contributed by atoms with E-state index in [4.69, 9.17) is 9.37 Å². The molecule has 0 aliphatic heterocycles. The lowest BCUT2D eigenvalue weighted by Crippen LogP contribution is -2.53. The van der Waals surface area contributed by atoms with Gasteiger partial charge in [0.15, 0.2) is 0 Å². The number of hydrogen-bond acceptors (Lipinski definition) is 5. The molecule has 7 atom stereocenters. The number of esters is 1. The van der Waals surface area contributed by atoms with Crippen LogP contribution in [0.4, 0.5) is 0 Å². The second-order valence-corrected chi connectivity index (χ2v) is 9.83. The summed E-state index contributed by atoms with van der Waals surface area (Å²) in [4.78, 5) is 11.6. The Morgan fingerprint density at radius 2 is 1.85 bits per heavy atom. The average molecular weight is 358 g/mol. The standard InChI is InChI=1S/C21H30N2O3/c1-12(24)25-18-7-6-14-13-4-5-16-19-17(22-26-23-19)9-11-20(16,2)15(13)8-10-21(14,18)3/h13-16,18H,4-11H2,1-3H3/t13-,14?,15?,16?,18-,20+,21-/m1/s1. The number of nitrogens with zero attached hydrogens (tertiary/aromatic N) is 2. The molecule has 4 aliphatic carbocycles. The van der Waals surface area contributed by atoms with Gasteiger partial charge in [0.1, 0.15) is 17.5 Å². The molecule has 3 unspecified atom stereocenters. The Kier molecular flexibility index (Phi) is 3.58. The third-order valence-electron chi connectivity index (χ3n) is 8.91. The van der Waals surface area contributed by atoms with E-state index in [1.807, 2.05) is 0 Å². The molecule has 0 N–H and O–H groups in total. The van der Waals surface area contributed by atoms with E-state index in [2.05, 4.69) is 24.2 Å². The van der Waals surface area contributed by atoms with Gasteiger partial charge in [-0.1, -0.05) is 24.2 Å². The predicted molar refractivity (Wildman–Crippen MR) is 95.3 cm³/mol. The number of carbonyl (C=O) groups is 1. The maximum Gasteiger partial charge on any atom is 0.302 e. The lowest BCUT2D eigenvalue weighted by atomic mass is 9.45. The molecule has 3 saturated carbocycles. The third kappa shape index (κ3) is 2.12. The molecule has 0 bridgehead atoms. The van der Waals surface area contributed by atoms with Crippen molar-refractivity contribution in [2.45, 2.75) is 84.2 Å². The van der Waals surface area contributed by atoms with Crippen LogP contribution in [0.5, 0.6) is 0 Å². The van der Waals surface area contributed by atoms with E-state index in [1.165, 1.54) is 38.5 Å². The highest BCUT2D eigenvalue weighted by molar-refractivity contribution is 5.66. The summed E-state index contributed by atoms with van der Waals surface area (Å²) < 4.78 is 10.8. The number of ether oxygens (including phenoxy) is 1. The van der Waals surface area contributed by atoms with Crippen molar-refractivity contribution in [2.75, 3.05) is 0 Å². The highest BCUT2D eigenvalue weighted by Gasteiger charge is 2.61. The first-order valence-electron chi connectivity index (χ1n) is 10.4. The first-order valence-corrected chi connectivity index (χ1v) is 10.4. The van der Waals surface area contributed by atoms with Crippen LogP contribution in [-0.4, -0.2) is 22.4 Å². The van der Waals surface area contributed by atoms with Crippen molar-refractivity contribution in [1.82, 2.24) is 10.3 Å². The smallest absolute Gasteiger partial charge is 0.302 e. The van der Waals surface area contributed by atoms with Crippen molar-refractivity contribution >= 4 is 5.97 Å². The second kappa shape index (κ2) is 5.56. The molecular weight excluding hydrogens is 328 g/mol. The van der Waals surface area contributed by atoms with Crippen LogP contribution >= 0.6 is 0 Å². The van der Waals surface area contributed by atoms with Crippen LogP contribution in [0.3, 0.4) is 0 Å². The van der Waals surface area contributed by atoms with Gasteiger partial charge in [0.25, 0.3) is 0 Å². The molecule has 3 fully saturated rings. The zero-order chi connectivity index (χ0) is 18.1. The molecule has 26 heavy (non-hydrogen) atoms. The first kappa shape index (κ1) is 16.8. The van der Waals surface area contributed by atoms with Crippen LogP contribution in [0, 0.1) is 28.6 Å². The van der Waals surface area contributed by atoms with Gasteiger partial charge in [-0.25, -0.2) is 4.63 Å². The van der Waals surface area contributed by atoms with Crippen LogP contribution in [0.15, 0.2) is 4.63 Å². The molecule has 0 amide bonds. The van der Waals surface area contributed by atoms with E-state index in [0.717, 1.165) is 36.1 Å². The van der Waals surface area contributed by atoms with Crippen molar-refractivity contribution in [3.63, 3.8) is 0 Å². The number of hydrogen-bond donors (Lipinski definition) is 0. The highest BCUT2D eigenvalue weighted by atomic mass is 16.6. The van der Waals surface area contributed by atoms with Crippen molar-refractivity contribution in [3.05, 3.63) is 11.4 Å². The second-order valence-electron chi connectivity index (χ2n) is 9.83. The Labute approximate surface area is 155 Å². The fourth-order valence-corrected chi connectivity index (χ4v) is 7.65. The van der Waals surface area contributed by atoms with Gasteiger partial charge in [-0.2, -0.15) is 0 Å². The summed E-state index contributed by atoms with van der Waals surface area (Å²) in [6, 6.07) is 0. The molecule has 0 saturated heterocycles. The average Bonchev–Trinajstić information content (AvgIpc) is 3.19. The Morgan fingerprint density at radius 3 is 2.65 bits per heavy atom. The van der Waals surface area contributed by atoms with E-state index in [9.17, 15) is 4.79 Å². The van der Waals surface area contributed by atoms with E-state index < -0.39 is 0 Å². The summed E-state index contributed by atoms with van der Waals surface area (Å²) in [6.45, 7) is 6.46. The Bertz CT molecular complexity index is 731. The van der Waals surface area contributed by atoms with Gasteiger partial charge in [0, 0.05) is 18.3 Å². The molecule has 1 aromatic rings. The molecule has 0 radical (unpaired) electrons. The number of aryl methyl sites for hydroxylation is 1. The zero-order valence-corrected chi connectivity index (χ0v) is 16.2. The van der Waals surface area contributed by atoms with Crippen LogP contribution in [0.1, 0.15) is 83.0 Å². The Hall–Kier alpha value is -1.39. The quantitative estimate of drug-likeness (QED) is 0.701. The maximum absolute atomic E-state index is 11.6. The minimum atomic E-state index is -0.118. The van der Waals surface area contributed by atoms with E-state index in [-0.39, 0.29) is 17.5 Å². The van der Waals surface area contributed by atoms with E-state index in [0.29, 0.717) is 17.3 Å². The summed E-state index contributed by atoms with van der Waals surface area (Å²) >= 11 is 0. The van der Waals surface area contributed by atoms with Gasteiger partial charge in [0.05, 0.1) is 0 Å². The monoisotopic (exact) mass is 358 g/mol. The van der Waals surface area contributed by atoms with Crippen LogP contribution in [0.2, 0.25) is 0 Å². The van der Waals surface area contributed by atoms with E-state index >= 15 is 0 Å². The molecule has 5 rings (SSSR count). The maximum atomic E-state index is 11.6. The normalized spacial score (nSPS) is 46.7. The Balaban J connectivity index is 1.45. The van der Waals surface area contributed by atoms with Gasteiger partial charge in [-0.15, -0.1) is 0 Å². The SMILES string of the molecule is CC(=O)O[C@@H]1CCC2[C@H]3CCC4c5nonc5CC[C@@]4(C)C3CC[C@]21C. The van der Waals surface area contributed by atoms with E-state index in [1.54, 1.807) is 6.92 Å². The Morgan fingerprint density at radius 1 is 1.04 bits per heavy atom. The van der Waals surface area contributed by atoms with Crippen LogP contribution in [-0.2, 0) is 16.0 Å². The highest BCUT2D eigenvalue weighted by Crippen LogP contribution is 2.67. The summed E-state index contributed by atoms with van der Waals surface area (Å²) in [5, 5.41) is 8.46. The largest absolute Gasteiger partial charge is 0.462 e. The summed E-state index contributed by atoms with van der Waals surface area (Å²) in [5.74, 6) is 2.60. The molecule has 0 aromatic carbocycles. The predicted octanol–water partition coefficient (Wildman–Crippen LogP) is 4.27. The molecule has 1 aromatic heterocycles. The van der Waals surface area contributed by atoms with Gasteiger partial charge in [-0.05, 0) is 74.5 Å². The number of carbonyl (C=O) groups excluding carboxylic acids is 1. The van der Waals surface area contributed by atoms with Crippen molar-refractivity contribution in [1.29, 1.82) is 0 Å². The minimum Gasteiger partial charge on any atom is -0.462 e. The lowest BCUT2D eigenvalue weighted by molar-refractivity contribution is -0.159. The summed E-state index contributed by atoms with van der Waals surface area (Å²) in [6.07, 6.45) is 9.49. The van der Waals surface area contributed by atoms with Crippen LogP contribution in [0.25, 0.3) is 0 Å². The number of rotatable bonds is 1.